The Hall–Kier alpha value is -1.28. The molecule has 0 atom stereocenters. The van der Waals surface area contributed by atoms with Crippen LogP contribution in [-0.4, -0.2) is 17.2 Å². The fourth-order valence-corrected chi connectivity index (χ4v) is 3.62. The molecule has 126 valence electrons. The molecule has 0 fully saturated rings. The van der Waals surface area contributed by atoms with E-state index in [0.717, 1.165) is 13.0 Å². The van der Waals surface area contributed by atoms with Crippen LogP contribution in [0.4, 0.5) is 0 Å². The highest BCUT2D eigenvalue weighted by Crippen LogP contribution is 2.24. The number of rotatable bonds is 8. The highest BCUT2D eigenvalue weighted by molar-refractivity contribution is 6.02. The molecule has 0 saturated heterocycles. The summed E-state index contributed by atoms with van der Waals surface area (Å²) in [5, 5.41) is 1.41. The molecule has 0 unspecified atom stereocenters. The maximum atomic E-state index is 3.64. The highest BCUT2D eigenvalue weighted by Gasteiger charge is 2.23. The summed E-state index contributed by atoms with van der Waals surface area (Å²) in [6.07, 6.45) is 12.0. The number of halogens is 1. The lowest BCUT2D eigenvalue weighted by Crippen LogP contribution is -3.00. The monoisotopic (exact) mass is 332 g/mol. The van der Waals surface area contributed by atoms with E-state index in [1.165, 1.54) is 79.2 Å². The minimum Gasteiger partial charge on any atom is -1.00 e. The molecule has 1 aliphatic rings. The van der Waals surface area contributed by atoms with E-state index in [0.29, 0.717) is 0 Å². The van der Waals surface area contributed by atoms with Gasteiger partial charge in [0, 0.05) is 23.7 Å². The van der Waals surface area contributed by atoms with Crippen LogP contribution < -0.4 is 17.4 Å². The lowest BCUT2D eigenvalue weighted by Gasteiger charge is -2.08. The number of unbranched alkanes of at least 4 members (excludes halogenated alkanes) is 6. The van der Waals surface area contributed by atoms with Crippen LogP contribution in [0.3, 0.4) is 0 Å². The topological polar surface area (TPSA) is 29.8 Å². The van der Waals surface area contributed by atoms with Gasteiger partial charge in [0.1, 0.15) is 12.2 Å². The minimum absolute atomic E-state index is 0. The first-order chi connectivity index (χ1) is 10.9. The summed E-state index contributed by atoms with van der Waals surface area (Å²) < 4.78 is 0. The Morgan fingerprint density at radius 3 is 2.57 bits per heavy atom. The quantitative estimate of drug-likeness (QED) is 0.668. The van der Waals surface area contributed by atoms with Crippen molar-refractivity contribution < 1.29 is 17.4 Å². The largest absolute Gasteiger partial charge is 1.00 e. The van der Waals surface area contributed by atoms with Crippen LogP contribution in [-0.2, 0) is 6.42 Å². The first kappa shape index (κ1) is 18.1. The molecule has 2 N–H and O–H groups in total. The molecule has 1 aromatic heterocycles. The van der Waals surface area contributed by atoms with Gasteiger partial charge in [-0.3, -0.25) is 0 Å². The number of H-pyrrole nitrogens is 1. The number of fused-ring (bicyclic) bond motifs is 3. The zero-order chi connectivity index (χ0) is 15.2. The number of nitrogens with one attached hydrogen (secondary N) is 2. The lowest BCUT2D eigenvalue weighted by atomic mass is 9.98. The number of aromatic amines is 1. The van der Waals surface area contributed by atoms with Gasteiger partial charge < -0.3 is 17.4 Å². The number of benzene rings is 1. The second-order valence-electron chi connectivity index (χ2n) is 6.55. The summed E-state index contributed by atoms with van der Waals surface area (Å²) in [6, 6.07) is 8.71. The van der Waals surface area contributed by atoms with Crippen LogP contribution in [0, 0.1) is 0 Å². The van der Waals surface area contributed by atoms with Crippen LogP contribution in [0.2, 0.25) is 0 Å². The minimum atomic E-state index is 0. The normalized spacial score (nSPS) is 13.5. The van der Waals surface area contributed by atoms with E-state index in [1.54, 1.807) is 0 Å². The van der Waals surface area contributed by atoms with E-state index in [4.69, 9.17) is 0 Å². The fourth-order valence-electron chi connectivity index (χ4n) is 3.62. The molecule has 0 radical (unpaired) electrons. The van der Waals surface area contributed by atoms with Gasteiger partial charge in [0.05, 0.1) is 0 Å². The van der Waals surface area contributed by atoms with E-state index >= 15 is 0 Å². The highest BCUT2D eigenvalue weighted by atomic mass is 35.5. The van der Waals surface area contributed by atoms with Gasteiger partial charge in [0.15, 0.2) is 5.71 Å². The predicted octanol–water partition coefficient (Wildman–Crippen LogP) is 0.738. The molecule has 2 nitrogen and oxygen atoms in total. The first-order valence-electron chi connectivity index (χ1n) is 9.10. The van der Waals surface area contributed by atoms with Crippen LogP contribution in [0.15, 0.2) is 24.3 Å². The average Bonchev–Trinajstić information content (AvgIpc) is 2.93. The standard InChI is InChI=1S/C20H28N2.ClH/c1-2-3-4-5-6-7-8-13-19-20-17(14-15-21-19)16-11-9-10-12-18(16)22-20;/h9-12,22H,2-8,13-15H2,1H3;1H. The van der Waals surface area contributed by atoms with Gasteiger partial charge in [0.2, 0.25) is 0 Å². The maximum Gasteiger partial charge on any atom is 0.198 e. The summed E-state index contributed by atoms with van der Waals surface area (Å²) in [4.78, 5) is 7.27. The van der Waals surface area contributed by atoms with Gasteiger partial charge in [-0.15, -0.1) is 0 Å². The van der Waals surface area contributed by atoms with Crippen molar-refractivity contribution >= 4 is 16.6 Å². The third-order valence-corrected chi connectivity index (χ3v) is 4.86. The third kappa shape index (κ3) is 4.38. The van der Waals surface area contributed by atoms with Crippen molar-refractivity contribution in [2.75, 3.05) is 6.54 Å². The number of hydrogen-bond acceptors (Lipinski definition) is 0. The van der Waals surface area contributed by atoms with Gasteiger partial charge in [-0.1, -0.05) is 63.6 Å². The third-order valence-electron chi connectivity index (χ3n) is 4.86. The summed E-state index contributed by atoms with van der Waals surface area (Å²) >= 11 is 0. The molecule has 1 aromatic carbocycles. The summed E-state index contributed by atoms with van der Waals surface area (Å²) in [7, 11) is 0. The summed E-state index contributed by atoms with van der Waals surface area (Å²) in [6.45, 7) is 3.37. The molecule has 0 saturated carbocycles. The van der Waals surface area contributed by atoms with Crippen LogP contribution in [0.5, 0.6) is 0 Å². The van der Waals surface area contributed by atoms with Crippen molar-refractivity contribution in [3.8, 4) is 0 Å². The van der Waals surface area contributed by atoms with Crippen LogP contribution >= 0.6 is 0 Å². The molecule has 3 heteroatoms. The van der Waals surface area contributed by atoms with Crippen molar-refractivity contribution in [3.63, 3.8) is 0 Å². The SMILES string of the molecule is CCCCCCCCCC1=[NH+]CCc2c1[nH]c1ccccc21.[Cl-]. The van der Waals surface area contributed by atoms with Gasteiger partial charge in [-0.2, -0.15) is 0 Å². The second-order valence-corrected chi connectivity index (χ2v) is 6.55. The van der Waals surface area contributed by atoms with Crippen LogP contribution in [0.25, 0.3) is 10.9 Å². The van der Waals surface area contributed by atoms with Gasteiger partial charge in [-0.25, -0.2) is 4.99 Å². The lowest BCUT2D eigenvalue weighted by molar-refractivity contribution is -0.459. The summed E-state index contributed by atoms with van der Waals surface area (Å²) in [5.41, 5.74) is 5.62. The van der Waals surface area contributed by atoms with E-state index in [1.807, 2.05) is 0 Å². The summed E-state index contributed by atoms with van der Waals surface area (Å²) in [5.74, 6) is 0. The molecule has 3 rings (SSSR count). The second kappa shape index (κ2) is 9.12. The van der Waals surface area contributed by atoms with Crippen molar-refractivity contribution in [3.05, 3.63) is 35.5 Å². The zero-order valence-electron chi connectivity index (χ0n) is 14.3. The van der Waals surface area contributed by atoms with Gasteiger partial charge >= 0.3 is 0 Å². The van der Waals surface area contributed by atoms with E-state index in [9.17, 15) is 0 Å². The number of hydrogen-bond donors (Lipinski definition) is 2. The Morgan fingerprint density at radius 1 is 1.00 bits per heavy atom. The van der Waals surface area contributed by atoms with Crippen molar-refractivity contribution in [2.45, 2.75) is 64.7 Å². The van der Waals surface area contributed by atoms with Crippen molar-refractivity contribution in [1.29, 1.82) is 0 Å². The van der Waals surface area contributed by atoms with Crippen molar-refractivity contribution in [1.82, 2.24) is 4.98 Å². The molecule has 0 spiro atoms. The zero-order valence-corrected chi connectivity index (χ0v) is 15.0. The van der Waals surface area contributed by atoms with E-state index in [2.05, 4.69) is 41.2 Å². The molecular weight excluding hydrogens is 304 g/mol. The molecule has 23 heavy (non-hydrogen) atoms. The smallest absolute Gasteiger partial charge is 0.198 e. The Morgan fingerprint density at radius 2 is 1.74 bits per heavy atom. The Bertz CT molecular complexity index is 642. The first-order valence-corrected chi connectivity index (χ1v) is 9.10. The van der Waals surface area contributed by atoms with Crippen LogP contribution in [0.1, 0.15) is 69.5 Å². The Labute approximate surface area is 146 Å². The molecule has 0 amide bonds. The van der Waals surface area contributed by atoms with Gasteiger partial charge in [0.25, 0.3) is 0 Å². The number of para-hydroxylation sites is 1. The van der Waals surface area contributed by atoms with E-state index in [-0.39, 0.29) is 12.4 Å². The average molecular weight is 333 g/mol. The molecule has 2 heterocycles. The maximum absolute atomic E-state index is 3.64. The van der Waals surface area contributed by atoms with Crippen molar-refractivity contribution in [2.24, 2.45) is 0 Å². The fraction of sp³-hybridized carbons (Fsp3) is 0.550. The Balaban J connectivity index is 0.00000192. The molecular formula is C20H29ClN2. The van der Waals surface area contributed by atoms with E-state index < -0.39 is 0 Å². The molecule has 0 bridgehead atoms. The molecule has 2 aromatic rings. The molecule has 0 aliphatic carbocycles. The van der Waals surface area contributed by atoms with Gasteiger partial charge in [-0.05, 0) is 18.1 Å². The predicted molar refractivity (Wildman–Crippen MR) is 94.6 cm³/mol. The molecule has 1 aliphatic heterocycles. The Kier molecular flexibility index (Phi) is 7.16. The number of aromatic nitrogens is 1.